The first-order valence-electron chi connectivity index (χ1n) is 7.28. The molecule has 0 spiro atoms. The van der Waals surface area contributed by atoms with Crippen molar-refractivity contribution in [3.8, 4) is 11.4 Å². The predicted octanol–water partition coefficient (Wildman–Crippen LogP) is 4.02. The number of aromatic amines is 1. The predicted molar refractivity (Wildman–Crippen MR) is 94.7 cm³/mol. The van der Waals surface area contributed by atoms with E-state index < -0.39 is 29.1 Å². The number of nitrogens with zero attached hydrogens (tertiary/aromatic N) is 2. The highest BCUT2D eigenvalue weighted by Gasteiger charge is 2.18. The average Bonchev–Trinajstić information content (AvgIpc) is 3.14. The third kappa shape index (κ3) is 4.21. The highest BCUT2D eigenvalue weighted by Crippen LogP contribution is 2.27. The molecular weight excluding hydrogens is 403 g/mol. The van der Waals surface area contributed by atoms with Gasteiger partial charge in [0, 0.05) is 5.56 Å². The highest BCUT2D eigenvalue weighted by molar-refractivity contribution is 6.35. The minimum atomic E-state index is -1.27. The maximum Gasteiger partial charge on any atom is 0.326 e. The summed E-state index contributed by atoms with van der Waals surface area (Å²) in [5.41, 5.74) is 0.377. The van der Waals surface area contributed by atoms with Gasteiger partial charge in [-0.1, -0.05) is 23.2 Å². The number of rotatable bonds is 3. The summed E-state index contributed by atoms with van der Waals surface area (Å²) in [7, 11) is 0. The van der Waals surface area contributed by atoms with E-state index in [-0.39, 0.29) is 15.7 Å². The second-order valence-electron chi connectivity index (χ2n) is 5.19. The molecule has 3 N–H and O–H groups in total. The number of halogens is 4. The van der Waals surface area contributed by atoms with E-state index in [2.05, 4.69) is 20.5 Å². The molecule has 0 fully saturated rings. The molecule has 0 aliphatic heterocycles. The fourth-order valence-corrected chi connectivity index (χ4v) is 2.54. The molecule has 0 unspecified atom stereocenters. The average molecular weight is 412 g/mol. The number of anilines is 1. The van der Waals surface area contributed by atoms with Gasteiger partial charge >= 0.3 is 6.03 Å². The first-order chi connectivity index (χ1) is 12.8. The summed E-state index contributed by atoms with van der Waals surface area (Å²) in [4.78, 5) is 26.9. The smallest absolute Gasteiger partial charge is 0.326 e. The van der Waals surface area contributed by atoms with E-state index in [1.54, 1.807) is 6.07 Å². The second kappa shape index (κ2) is 7.68. The zero-order chi connectivity index (χ0) is 19.6. The van der Waals surface area contributed by atoms with Crippen molar-refractivity contribution >= 4 is 40.8 Å². The van der Waals surface area contributed by atoms with E-state index in [4.69, 9.17) is 23.2 Å². The van der Waals surface area contributed by atoms with Crippen LogP contribution in [0.2, 0.25) is 10.0 Å². The Kier molecular flexibility index (Phi) is 5.33. The van der Waals surface area contributed by atoms with Gasteiger partial charge < -0.3 is 10.3 Å². The van der Waals surface area contributed by atoms with Gasteiger partial charge in [0.2, 0.25) is 0 Å². The lowest BCUT2D eigenvalue weighted by Crippen LogP contribution is -2.34. The number of carbonyl (C=O) groups excluding carboxylic acids is 2. The van der Waals surface area contributed by atoms with Crippen LogP contribution in [0, 0.1) is 11.6 Å². The Morgan fingerprint density at radius 2 is 1.78 bits per heavy atom. The van der Waals surface area contributed by atoms with Gasteiger partial charge in [-0.15, -0.1) is 10.2 Å². The van der Waals surface area contributed by atoms with Crippen molar-refractivity contribution < 1.29 is 18.4 Å². The third-order valence-corrected chi connectivity index (χ3v) is 4.03. The van der Waals surface area contributed by atoms with Crippen molar-refractivity contribution in [3.63, 3.8) is 0 Å². The van der Waals surface area contributed by atoms with E-state index in [0.717, 1.165) is 0 Å². The summed E-state index contributed by atoms with van der Waals surface area (Å²) >= 11 is 11.7. The molecular formula is C16H9Cl2F2N5O2. The van der Waals surface area contributed by atoms with Crippen molar-refractivity contribution in [3.05, 3.63) is 63.9 Å². The van der Waals surface area contributed by atoms with Crippen molar-refractivity contribution in [2.75, 3.05) is 5.32 Å². The summed E-state index contributed by atoms with van der Waals surface area (Å²) in [6.07, 6.45) is 1.38. The third-order valence-electron chi connectivity index (χ3n) is 3.39. The van der Waals surface area contributed by atoms with Gasteiger partial charge in [-0.3, -0.25) is 10.1 Å². The summed E-state index contributed by atoms with van der Waals surface area (Å²) in [5, 5.41) is 11.7. The van der Waals surface area contributed by atoms with Crippen LogP contribution in [-0.4, -0.2) is 27.1 Å². The Morgan fingerprint density at radius 3 is 2.48 bits per heavy atom. The lowest BCUT2D eigenvalue weighted by Gasteiger charge is -2.10. The lowest BCUT2D eigenvalue weighted by molar-refractivity contribution is 0.0966. The molecule has 2 aromatic carbocycles. The van der Waals surface area contributed by atoms with Crippen LogP contribution in [0.25, 0.3) is 11.4 Å². The Morgan fingerprint density at radius 1 is 1.04 bits per heavy atom. The summed E-state index contributed by atoms with van der Waals surface area (Å²) in [6, 6.07) is 4.97. The Balaban J connectivity index is 1.75. The van der Waals surface area contributed by atoms with Gasteiger partial charge in [0.25, 0.3) is 5.91 Å². The summed E-state index contributed by atoms with van der Waals surface area (Å²) < 4.78 is 26.4. The molecule has 0 aliphatic rings. The maximum absolute atomic E-state index is 13.3. The maximum atomic E-state index is 13.3. The Bertz CT molecular complexity index is 1030. The standard InChI is InChI=1S/C16H9Cl2F2N5O2/c17-9-2-1-7(14-21-6-22-25-14)3-13(9)23-16(27)24-15(26)8-4-11(19)12(20)5-10(8)18/h1-6H,(H,21,22,25)(H2,23,24,26,27). The number of aromatic nitrogens is 3. The molecule has 7 nitrogen and oxygen atoms in total. The minimum Gasteiger partial charge on any atom is -0.328 e. The topological polar surface area (TPSA) is 99.8 Å². The Labute approximate surface area is 160 Å². The monoisotopic (exact) mass is 411 g/mol. The molecule has 27 heavy (non-hydrogen) atoms. The number of carbonyl (C=O) groups is 2. The van der Waals surface area contributed by atoms with Crippen LogP contribution in [0.4, 0.5) is 19.3 Å². The van der Waals surface area contributed by atoms with Gasteiger partial charge in [0.15, 0.2) is 17.5 Å². The quantitative estimate of drug-likeness (QED) is 0.566. The zero-order valence-electron chi connectivity index (χ0n) is 13.2. The van der Waals surface area contributed by atoms with Crippen molar-refractivity contribution in [1.29, 1.82) is 0 Å². The molecule has 0 saturated carbocycles. The highest BCUT2D eigenvalue weighted by atomic mass is 35.5. The number of amides is 3. The number of hydrogen-bond donors (Lipinski definition) is 3. The molecule has 1 aromatic heterocycles. The molecule has 0 atom stereocenters. The van der Waals surface area contributed by atoms with Gasteiger partial charge in [0.05, 0.1) is 21.3 Å². The summed E-state index contributed by atoms with van der Waals surface area (Å²) in [6.45, 7) is 0. The van der Waals surface area contributed by atoms with E-state index in [9.17, 15) is 18.4 Å². The fraction of sp³-hybridized carbons (Fsp3) is 0. The number of benzene rings is 2. The van der Waals surface area contributed by atoms with Gasteiger partial charge in [-0.2, -0.15) is 0 Å². The van der Waals surface area contributed by atoms with Gasteiger partial charge in [-0.05, 0) is 30.3 Å². The SMILES string of the molecule is O=C(NC(=O)c1cc(F)c(F)cc1Cl)Nc1cc(-c2nnc[nH]2)ccc1Cl. The first-order valence-corrected chi connectivity index (χ1v) is 8.03. The van der Waals surface area contributed by atoms with Crippen LogP contribution >= 0.6 is 23.2 Å². The minimum absolute atomic E-state index is 0.187. The first kappa shape index (κ1) is 18.7. The molecule has 138 valence electrons. The molecule has 3 rings (SSSR count). The molecule has 0 saturated heterocycles. The largest absolute Gasteiger partial charge is 0.328 e. The molecule has 11 heteroatoms. The molecule has 0 radical (unpaired) electrons. The fourth-order valence-electron chi connectivity index (χ4n) is 2.14. The van der Waals surface area contributed by atoms with Crippen molar-refractivity contribution in [2.45, 2.75) is 0 Å². The van der Waals surface area contributed by atoms with Crippen LogP contribution in [0.15, 0.2) is 36.7 Å². The molecule has 1 heterocycles. The van der Waals surface area contributed by atoms with Crippen molar-refractivity contribution in [2.24, 2.45) is 0 Å². The van der Waals surface area contributed by atoms with Crippen molar-refractivity contribution in [1.82, 2.24) is 20.5 Å². The Hall–Kier alpha value is -3.04. The van der Waals surface area contributed by atoms with E-state index in [1.807, 2.05) is 5.32 Å². The number of H-pyrrole nitrogens is 1. The molecule has 3 aromatic rings. The number of imide groups is 1. The van der Waals surface area contributed by atoms with Crippen LogP contribution in [0.3, 0.4) is 0 Å². The second-order valence-corrected chi connectivity index (χ2v) is 6.00. The zero-order valence-corrected chi connectivity index (χ0v) is 14.7. The van der Waals surface area contributed by atoms with Crippen LogP contribution in [-0.2, 0) is 0 Å². The van der Waals surface area contributed by atoms with Gasteiger partial charge in [-0.25, -0.2) is 13.6 Å². The van der Waals surface area contributed by atoms with Crippen LogP contribution in [0.5, 0.6) is 0 Å². The molecule has 3 amide bonds. The summed E-state index contributed by atoms with van der Waals surface area (Å²) in [5.74, 6) is -3.05. The number of nitrogens with one attached hydrogen (secondary N) is 3. The van der Waals surface area contributed by atoms with Gasteiger partial charge in [0.1, 0.15) is 6.33 Å². The van der Waals surface area contributed by atoms with E-state index in [0.29, 0.717) is 23.5 Å². The van der Waals surface area contributed by atoms with Crippen LogP contribution in [0.1, 0.15) is 10.4 Å². The van der Waals surface area contributed by atoms with E-state index in [1.165, 1.54) is 18.5 Å². The molecule has 0 bridgehead atoms. The number of urea groups is 1. The molecule has 0 aliphatic carbocycles. The van der Waals surface area contributed by atoms with E-state index >= 15 is 0 Å². The normalized spacial score (nSPS) is 10.5. The van der Waals surface area contributed by atoms with Crippen LogP contribution < -0.4 is 10.6 Å². The number of hydrogen-bond acceptors (Lipinski definition) is 4. The lowest BCUT2D eigenvalue weighted by atomic mass is 10.2.